The average molecular weight is 216 g/mol. The molecule has 1 N–H and O–H groups in total. The molecule has 0 radical (unpaired) electrons. The Morgan fingerprint density at radius 1 is 1.44 bits per heavy atom. The Hall–Kier alpha value is -1.12. The van der Waals surface area contributed by atoms with E-state index in [-0.39, 0.29) is 0 Å². The van der Waals surface area contributed by atoms with Gasteiger partial charge in [-0.3, -0.25) is 4.90 Å². The van der Waals surface area contributed by atoms with Crippen molar-refractivity contribution in [3.8, 4) is 0 Å². The number of hydrogen-bond acceptors (Lipinski definition) is 2. The fourth-order valence-corrected chi connectivity index (χ4v) is 2.33. The van der Waals surface area contributed by atoms with Crippen molar-refractivity contribution in [1.82, 2.24) is 10.2 Å². The van der Waals surface area contributed by atoms with Crippen molar-refractivity contribution in [1.29, 1.82) is 0 Å². The summed E-state index contributed by atoms with van der Waals surface area (Å²) in [5, 5.41) is 3.47. The maximum absolute atomic E-state index is 3.90. The highest BCUT2D eigenvalue weighted by molar-refractivity contribution is 5.20. The highest BCUT2D eigenvalue weighted by atomic mass is 15.2. The van der Waals surface area contributed by atoms with Crippen LogP contribution in [0.5, 0.6) is 0 Å². The van der Waals surface area contributed by atoms with Crippen LogP contribution >= 0.6 is 0 Å². The van der Waals surface area contributed by atoms with Crippen molar-refractivity contribution in [3.63, 3.8) is 0 Å². The Balaban J connectivity index is 2.19. The lowest BCUT2D eigenvalue weighted by molar-refractivity contribution is 0.137. The molecule has 0 aromatic heterocycles. The Labute approximate surface area is 98.0 Å². The molecule has 2 unspecified atom stereocenters. The molecule has 1 saturated heterocycles. The molecular weight excluding hydrogens is 196 g/mol. The molecule has 86 valence electrons. The van der Waals surface area contributed by atoms with Crippen LogP contribution in [-0.2, 0) is 0 Å². The van der Waals surface area contributed by atoms with Gasteiger partial charge in [0.25, 0.3) is 0 Å². The Bertz CT molecular complexity index is 334. The molecule has 1 aromatic rings. The summed E-state index contributed by atoms with van der Waals surface area (Å²) in [6.07, 6.45) is 2.03. The number of rotatable bonds is 3. The maximum Gasteiger partial charge on any atom is 0.0479 e. The molecule has 1 aromatic carbocycles. The highest BCUT2D eigenvalue weighted by Gasteiger charge is 2.25. The zero-order valence-electron chi connectivity index (χ0n) is 9.89. The van der Waals surface area contributed by atoms with E-state index in [4.69, 9.17) is 0 Å². The number of benzene rings is 1. The molecule has 1 aliphatic rings. The van der Waals surface area contributed by atoms with E-state index in [1.165, 1.54) is 5.56 Å². The van der Waals surface area contributed by atoms with E-state index >= 15 is 0 Å². The number of nitrogens with one attached hydrogen (secondary N) is 1. The van der Waals surface area contributed by atoms with Gasteiger partial charge in [-0.05, 0) is 12.5 Å². The first-order valence-corrected chi connectivity index (χ1v) is 5.97. The molecule has 0 spiro atoms. The summed E-state index contributed by atoms with van der Waals surface area (Å²) >= 11 is 0. The molecule has 2 heteroatoms. The number of piperazine rings is 1. The van der Waals surface area contributed by atoms with E-state index in [1.54, 1.807) is 0 Å². The largest absolute Gasteiger partial charge is 0.314 e. The van der Waals surface area contributed by atoms with Crippen molar-refractivity contribution < 1.29 is 0 Å². The van der Waals surface area contributed by atoms with E-state index in [2.05, 4.69) is 54.1 Å². The summed E-state index contributed by atoms with van der Waals surface area (Å²) in [6, 6.07) is 11.6. The molecule has 0 saturated carbocycles. The molecule has 16 heavy (non-hydrogen) atoms. The molecule has 0 amide bonds. The van der Waals surface area contributed by atoms with Crippen LogP contribution in [-0.4, -0.2) is 30.6 Å². The van der Waals surface area contributed by atoms with Gasteiger partial charge in [0, 0.05) is 31.7 Å². The lowest BCUT2D eigenvalue weighted by Gasteiger charge is -2.39. The predicted molar refractivity (Wildman–Crippen MR) is 68.4 cm³/mol. The zero-order valence-corrected chi connectivity index (χ0v) is 9.89. The van der Waals surface area contributed by atoms with Gasteiger partial charge in [0.1, 0.15) is 0 Å². The first-order valence-electron chi connectivity index (χ1n) is 5.97. The van der Waals surface area contributed by atoms with Crippen LogP contribution in [0.4, 0.5) is 0 Å². The quantitative estimate of drug-likeness (QED) is 0.779. The van der Waals surface area contributed by atoms with Gasteiger partial charge in [-0.25, -0.2) is 0 Å². The van der Waals surface area contributed by atoms with Crippen LogP contribution < -0.4 is 5.32 Å². The second kappa shape index (κ2) is 5.28. The van der Waals surface area contributed by atoms with Gasteiger partial charge in [-0.15, -0.1) is 6.58 Å². The molecule has 0 bridgehead atoms. The fourth-order valence-electron chi connectivity index (χ4n) is 2.33. The third kappa shape index (κ3) is 2.34. The summed E-state index contributed by atoms with van der Waals surface area (Å²) < 4.78 is 0. The average Bonchev–Trinajstić information content (AvgIpc) is 2.39. The van der Waals surface area contributed by atoms with Crippen molar-refractivity contribution in [3.05, 3.63) is 48.6 Å². The third-order valence-electron chi connectivity index (χ3n) is 3.33. The molecule has 1 fully saturated rings. The van der Waals surface area contributed by atoms with Crippen molar-refractivity contribution in [2.75, 3.05) is 19.6 Å². The van der Waals surface area contributed by atoms with Gasteiger partial charge in [-0.2, -0.15) is 0 Å². The molecular formula is C14H20N2. The van der Waals surface area contributed by atoms with Crippen LogP contribution in [0.15, 0.2) is 43.0 Å². The maximum atomic E-state index is 3.90. The predicted octanol–water partition coefficient (Wildman–Crippen LogP) is 2.21. The standard InChI is InChI=1S/C14H20N2/c1-3-12(2)16-10-9-15-11-14(16)13-7-5-4-6-8-13/h3-8,12,14-15H,1,9-11H2,2H3. The van der Waals surface area contributed by atoms with Crippen molar-refractivity contribution in [2.45, 2.75) is 19.0 Å². The van der Waals surface area contributed by atoms with E-state index < -0.39 is 0 Å². The highest BCUT2D eigenvalue weighted by Crippen LogP contribution is 2.24. The second-order valence-electron chi connectivity index (χ2n) is 4.34. The summed E-state index contributed by atoms with van der Waals surface area (Å²) in [6.45, 7) is 9.31. The van der Waals surface area contributed by atoms with Gasteiger partial charge in [0.2, 0.25) is 0 Å². The summed E-state index contributed by atoms with van der Waals surface area (Å²) in [7, 11) is 0. The monoisotopic (exact) mass is 216 g/mol. The summed E-state index contributed by atoms with van der Waals surface area (Å²) in [5.41, 5.74) is 1.39. The van der Waals surface area contributed by atoms with Crippen molar-refractivity contribution in [2.24, 2.45) is 0 Å². The molecule has 2 rings (SSSR count). The molecule has 2 atom stereocenters. The molecule has 1 heterocycles. The SMILES string of the molecule is C=CC(C)N1CCNCC1c1ccccc1. The van der Waals surface area contributed by atoms with E-state index in [0.717, 1.165) is 19.6 Å². The van der Waals surface area contributed by atoms with Crippen LogP contribution in [0, 0.1) is 0 Å². The lowest BCUT2D eigenvalue weighted by atomic mass is 10.0. The van der Waals surface area contributed by atoms with Crippen molar-refractivity contribution >= 4 is 0 Å². The lowest BCUT2D eigenvalue weighted by Crippen LogP contribution is -2.49. The minimum absolute atomic E-state index is 0.437. The van der Waals surface area contributed by atoms with Gasteiger partial charge < -0.3 is 5.32 Å². The van der Waals surface area contributed by atoms with Gasteiger partial charge in [0.05, 0.1) is 0 Å². The Morgan fingerprint density at radius 3 is 2.88 bits per heavy atom. The smallest absolute Gasteiger partial charge is 0.0479 e. The molecule has 2 nitrogen and oxygen atoms in total. The Morgan fingerprint density at radius 2 is 2.19 bits per heavy atom. The fraction of sp³-hybridized carbons (Fsp3) is 0.429. The normalized spacial score (nSPS) is 23.9. The first-order chi connectivity index (χ1) is 7.83. The van der Waals surface area contributed by atoms with Gasteiger partial charge in [0.15, 0.2) is 0 Å². The number of nitrogens with zero attached hydrogens (tertiary/aromatic N) is 1. The summed E-state index contributed by atoms with van der Waals surface area (Å²) in [5.74, 6) is 0. The minimum atomic E-state index is 0.437. The van der Waals surface area contributed by atoms with Crippen LogP contribution in [0.1, 0.15) is 18.5 Å². The third-order valence-corrected chi connectivity index (χ3v) is 3.33. The Kier molecular flexibility index (Phi) is 3.75. The molecule has 1 aliphatic heterocycles. The van der Waals surface area contributed by atoms with Crippen LogP contribution in [0.3, 0.4) is 0 Å². The van der Waals surface area contributed by atoms with Crippen LogP contribution in [0.25, 0.3) is 0 Å². The van der Waals surface area contributed by atoms with E-state index in [9.17, 15) is 0 Å². The first kappa shape index (κ1) is 11.4. The van der Waals surface area contributed by atoms with E-state index in [1.807, 2.05) is 6.08 Å². The molecule has 0 aliphatic carbocycles. The topological polar surface area (TPSA) is 15.3 Å². The summed E-state index contributed by atoms with van der Waals surface area (Å²) in [4.78, 5) is 2.51. The second-order valence-corrected chi connectivity index (χ2v) is 4.34. The minimum Gasteiger partial charge on any atom is -0.314 e. The van der Waals surface area contributed by atoms with E-state index in [0.29, 0.717) is 12.1 Å². The number of hydrogen-bond donors (Lipinski definition) is 1. The zero-order chi connectivity index (χ0) is 11.4. The van der Waals surface area contributed by atoms with Gasteiger partial charge in [-0.1, -0.05) is 36.4 Å². The van der Waals surface area contributed by atoms with Crippen LogP contribution in [0.2, 0.25) is 0 Å². The van der Waals surface area contributed by atoms with Gasteiger partial charge >= 0.3 is 0 Å².